The van der Waals surface area contributed by atoms with E-state index in [0.717, 1.165) is 16.7 Å². The van der Waals surface area contributed by atoms with Crippen LogP contribution < -0.4 is 9.47 Å². The lowest BCUT2D eigenvalue weighted by Gasteiger charge is -2.11. The molecular weight excluding hydrogens is 240 g/mol. The molecule has 0 spiro atoms. The highest BCUT2D eigenvalue weighted by atomic mass is 16.5. The molecule has 0 N–H and O–H groups in total. The molecule has 0 fully saturated rings. The van der Waals surface area contributed by atoms with Gasteiger partial charge in [-0.1, -0.05) is 11.6 Å². The zero-order valence-electron chi connectivity index (χ0n) is 11.1. The Labute approximate surface area is 112 Å². The molecule has 19 heavy (non-hydrogen) atoms. The number of rotatable bonds is 3. The van der Waals surface area contributed by atoms with Gasteiger partial charge in [0.05, 0.1) is 32.0 Å². The topological polar surface area (TPSA) is 55.1 Å². The number of hydrogen-bond acceptors (Lipinski definition) is 4. The summed E-state index contributed by atoms with van der Waals surface area (Å²) in [5.41, 5.74) is 3.29. The van der Waals surface area contributed by atoms with Gasteiger partial charge in [-0.15, -0.1) is 0 Å². The van der Waals surface area contributed by atoms with Crippen LogP contribution in [0.1, 0.15) is 11.1 Å². The number of hydrogen-bond donors (Lipinski definition) is 0. The Bertz CT molecular complexity index is 645. The van der Waals surface area contributed by atoms with E-state index in [1.54, 1.807) is 32.5 Å². The molecule has 1 aromatic carbocycles. The molecule has 0 atom stereocenters. The minimum atomic E-state index is 0.487. The molecule has 0 amide bonds. The van der Waals surface area contributed by atoms with E-state index in [-0.39, 0.29) is 0 Å². The van der Waals surface area contributed by atoms with E-state index in [4.69, 9.17) is 9.47 Å². The van der Waals surface area contributed by atoms with Gasteiger partial charge in [-0.2, -0.15) is 5.26 Å². The Morgan fingerprint density at radius 3 is 2.53 bits per heavy atom. The van der Waals surface area contributed by atoms with Crippen molar-refractivity contribution in [1.29, 1.82) is 5.26 Å². The van der Waals surface area contributed by atoms with Crippen molar-refractivity contribution in [2.45, 2.75) is 6.92 Å². The maximum atomic E-state index is 9.22. The molecule has 0 saturated carbocycles. The minimum Gasteiger partial charge on any atom is -0.494 e. The van der Waals surface area contributed by atoms with Crippen molar-refractivity contribution >= 4 is 0 Å². The highest BCUT2D eigenvalue weighted by Gasteiger charge is 2.12. The number of benzene rings is 1. The smallest absolute Gasteiger partial charge is 0.213 e. The summed E-state index contributed by atoms with van der Waals surface area (Å²) in [4.78, 5) is 4.10. The summed E-state index contributed by atoms with van der Waals surface area (Å²) in [7, 11) is 3.13. The van der Waals surface area contributed by atoms with Gasteiger partial charge in [0.25, 0.3) is 0 Å². The Kier molecular flexibility index (Phi) is 3.67. The zero-order chi connectivity index (χ0) is 13.8. The third-order valence-electron chi connectivity index (χ3n) is 2.86. The van der Waals surface area contributed by atoms with Gasteiger partial charge in [-0.3, -0.25) is 0 Å². The number of aryl methyl sites for hydroxylation is 1. The highest BCUT2D eigenvalue weighted by Crippen LogP contribution is 2.34. The first-order valence-electron chi connectivity index (χ1n) is 5.78. The summed E-state index contributed by atoms with van der Waals surface area (Å²) in [6.07, 6.45) is 1.59. The molecule has 0 aliphatic carbocycles. The van der Waals surface area contributed by atoms with Gasteiger partial charge in [0.1, 0.15) is 5.75 Å². The normalized spacial score (nSPS) is 9.79. The average Bonchev–Trinajstić information content (AvgIpc) is 2.46. The SMILES string of the molecule is COc1cc(-c2cc(C)ccc2C#N)c(OC)cn1. The van der Waals surface area contributed by atoms with Crippen molar-refractivity contribution in [2.24, 2.45) is 0 Å². The molecule has 96 valence electrons. The van der Waals surface area contributed by atoms with Gasteiger partial charge in [0.15, 0.2) is 0 Å². The number of nitrogens with zero attached hydrogens (tertiary/aromatic N) is 2. The van der Waals surface area contributed by atoms with Gasteiger partial charge in [0.2, 0.25) is 5.88 Å². The van der Waals surface area contributed by atoms with E-state index in [9.17, 15) is 5.26 Å². The molecule has 0 unspecified atom stereocenters. The second kappa shape index (κ2) is 5.40. The number of nitriles is 1. The summed E-state index contributed by atoms with van der Waals surface area (Å²) in [5.74, 6) is 1.10. The van der Waals surface area contributed by atoms with Crippen LogP contribution in [-0.4, -0.2) is 19.2 Å². The molecule has 1 heterocycles. The fraction of sp³-hybridized carbons (Fsp3) is 0.200. The Balaban J connectivity index is 2.70. The first-order valence-corrected chi connectivity index (χ1v) is 5.78. The minimum absolute atomic E-state index is 0.487. The van der Waals surface area contributed by atoms with Crippen LogP contribution in [0.15, 0.2) is 30.5 Å². The van der Waals surface area contributed by atoms with Crippen LogP contribution in [0.3, 0.4) is 0 Å². The van der Waals surface area contributed by atoms with E-state index >= 15 is 0 Å². The number of aromatic nitrogens is 1. The molecule has 0 saturated heterocycles. The Morgan fingerprint density at radius 2 is 1.89 bits per heavy atom. The molecule has 4 nitrogen and oxygen atoms in total. The fourth-order valence-corrected chi connectivity index (χ4v) is 1.89. The molecule has 4 heteroatoms. The third kappa shape index (κ3) is 2.50. The fourth-order valence-electron chi connectivity index (χ4n) is 1.89. The van der Waals surface area contributed by atoms with Crippen molar-refractivity contribution in [3.05, 3.63) is 41.6 Å². The van der Waals surface area contributed by atoms with E-state index < -0.39 is 0 Å². The van der Waals surface area contributed by atoms with Crippen LogP contribution in [0.4, 0.5) is 0 Å². The predicted molar refractivity (Wildman–Crippen MR) is 72.2 cm³/mol. The van der Waals surface area contributed by atoms with Crippen molar-refractivity contribution in [1.82, 2.24) is 4.98 Å². The van der Waals surface area contributed by atoms with E-state index in [2.05, 4.69) is 11.1 Å². The average molecular weight is 254 g/mol. The first kappa shape index (κ1) is 12.9. The molecule has 0 aliphatic heterocycles. The molecule has 2 aromatic rings. The lowest BCUT2D eigenvalue weighted by Crippen LogP contribution is -1.95. The van der Waals surface area contributed by atoms with Crippen molar-refractivity contribution < 1.29 is 9.47 Å². The van der Waals surface area contributed by atoms with Gasteiger partial charge in [-0.05, 0) is 19.1 Å². The van der Waals surface area contributed by atoms with Crippen molar-refractivity contribution in [3.63, 3.8) is 0 Å². The molecular formula is C15H14N2O2. The Hall–Kier alpha value is -2.54. The van der Waals surface area contributed by atoms with Crippen LogP contribution in [0, 0.1) is 18.3 Å². The van der Waals surface area contributed by atoms with Gasteiger partial charge < -0.3 is 9.47 Å². The summed E-state index contributed by atoms with van der Waals surface area (Å²) in [6, 6.07) is 9.63. The van der Waals surface area contributed by atoms with Crippen LogP contribution in [0.2, 0.25) is 0 Å². The maximum absolute atomic E-state index is 9.22. The zero-order valence-corrected chi connectivity index (χ0v) is 11.1. The maximum Gasteiger partial charge on any atom is 0.213 e. The second-order valence-corrected chi connectivity index (χ2v) is 4.09. The first-order chi connectivity index (χ1) is 9.19. The monoisotopic (exact) mass is 254 g/mol. The van der Waals surface area contributed by atoms with Crippen molar-refractivity contribution in [2.75, 3.05) is 14.2 Å². The Morgan fingerprint density at radius 1 is 1.11 bits per heavy atom. The standard InChI is InChI=1S/C15H14N2O2/c1-10-4-5-11(8-16)12(6-10)13-7-15(19-3)17-9-14(13)18-2/h4-7,9H,1-3H3. The molecule has 0 aliphatic rings. The van der Waals surface area contributed by atoms with Gasteiger partial charge in [-0.25, -0.2) is 4.98 Å². The molecule has 2 rings (SSSR count). The van der Waals surface area contributed by atoms with E-state index in [1.165, 1.54) is 0 Å². The number of ether oxygens (including phenoxy) is 2. The number of methoxy groups -OCH3 is 2. The molecule has 0 radical (unpaired) electrons. The lowest BCUT2D eigenvalue weighted by molar-refractivity contribution is 0.388. The van der Waals surface area contributed by atoms with Gasteiger partial charge in [0, 0.05) is 17.2 Å². The van der Waals surface area contributed by atoms with E-state index in [1.807, 2.05) is 19.1 Å². The molecule has 0 bridgehead atoms. The second-order valence-electron chi connectivity index (χ2n) is 4.09. The van der Waals surface area contributed by atoms with E-state index in [0.29, 0.717) is 17.2 Å². The number of pyridine rings is 1. The largest absolute Gasteiger partial charge is 0.494 e. The quantitative estimate of drug-likeness (QED) is 0.845. The summed E-state index contributed by atoms with van der Waals surface area (Å²) < 4.78 is 10.4. The van der Waals surface area contributed by atoms with Crippen LogP contribution >= 0.6 is 0 Å². The van der Waals surface area contributed by atoms with Gasteiger partial charge >= 0.3 is 0 Å². The third-order valence-corrected chi connectivity index (χ3v) is 2.86. The summed E-state index contributed by atoms with van der Waals surface area (Å²) in [6.45, 7) is 1.98. The van der Waals surface area contributed by atoms with Crippen LogP contribution in [0.25, 0.3) is 11.1 Å². The van der Waals surface area contributed by atoms with Crippen LogP contribution in [0.5, 0.6) is 11.6 Å². The van der Waals surface area contributed by atoms with Crippen LogP contribution in [-0.2, 0) is 0 Å². The van der Waals surface area contributed by atoms with Crippen molar-refractivity contribution in [3.8, 4) is 28.8 Å². The predicted octanol–water partition coefficient (Wildman–Crippen LogP) is 2.95. The highest BCUT2D eigenvalue weighted by molar-refractivity contribution is 5.76. The summed E-state index contributed by atoms with van der Waals surface area (Å²) in [5, 5.41) is 9.22. The summed E-state index contributed by atoms with van der Waals surface area (Å²) >= 11 is 0. The molecule has 1 aromatic heterocycles. The lowest BCUT2D eigenvalue weighted by atomic mass is 9.98.